The highest BCUT2D eigenvalue weighted by Crippen LogP contribution is 2.19. The first-order chi connectivity index (χ1) is 8.97. The molecule has 0 aliphatic carbocycles. The topological polar surface area (TPSA) is 45.8 Å². The number of hydrogen-bond donors (Lipinski definition) is 1. The summed E-state index contributed by atoms with van der Waals surface area (Å²) in [6, 6.07) is 7.99. The minimum Gasteiger partial charge on any atom is -0.309 e. The van der Waals surface area contributed by atoms with E-state index in [2.05, 4.69) is 41.8 Å². The minimum absolute atomic E-state index is 0.120. The maximum Gasteiger partial charge on any atom is 0.265 e. The Labute approximate surface area is 128 Å². The van der Waals surface area contributed by atoms with Gasteiger partial charge in [0, 0.05) is 10.9 Å². The molecule has 0 fully saturated rings. The monoisotopic (exact) mass is 384 g/mol. The lowest BCUT2D eigenvalue weighted by Gasteiger charge is -2.09. The van der Waals surface area contributed by atoms with Crippen LogP contribution in [0.4, 0.5) is 0 Å². The molecule has 0 spiro atoms. The summed E-state index contributed by atoms with van der Waals surface area (Å²) in [4.78, 5) is 19.2. The summed E-state index contributed by atoms with van der Waals surface area (Å²) in [6.07, 6.45) is 0.621. The predicted octanol–water partition coefficient (Wildman–Crippen LogP) is 4.01. The number of aromatic amines is 1. The molecular weight excluding hydrogens is 372 g/mol. The number of nitrogens with zero attached hydrogens (tertiary/aromatic N) is 1. The van der Waals surface area contributed by atoms with Gasteiger partial charge in [0.1, 0.15) is 10.3 Å². The van der Waals surface area contributed by atoms with E-state index in [0.29, 0.717) is 16.7 Å². The van der Waals surface area contributed by atoms with Crippen LogP contribution in [0, 0.1) is 0 Å². The summed E-state index contributed by atoms with van der Waals surface area (Å²) in [5.41, 5.74) is 1.80. The van der Waals surface area contributed by atoms with E-state index in [4.69, 9.17) is 0 Å². The van der Waals surface area contributed by atoms with Gasteiger partial charge in [-0.05, 0) is 39.5 Å². The number of H-pyrrole nitrogens is 1. The van der Waals surface area contributed by atoms with Gasteiger partial charge in [0.2, 0.25) is 0 Å². The first-order valence-corrected chi connectivity index (χ1v) is 7.59. The maximum absolute atomic E-state index is 11.9. The van der Waals surface area contributed by atoms with E-state index in [1.54, 1.807) is 0 Å². The maximum atomic E-state index is 11.9. The molecular formula is C14H14Br2N2O. The molecule has 100 valence electrons. The molecule has 0 aliphatic heterocycles. The van der Waals surface area contributed by atoms with Crippen molar-refractivity contribution in [3.8, 4) is 0 Å². The lowest BCUT2D eigenvalue weighted by Crippen LogP contribution is -2.16. The van der Waals surface area contributed by atoms with E-state index in [1.165, 1.54) is 0 Å². The summed E-state index contributed by atoms with van der Waals surface area (Å²) in [5.74, 6) is 0.902. The van der Waals surface area contributed by atoms with Crippen LogP contribution in [0.15, 0.2) is 38.0 Å². The van der Waals surface area contributed by atoms with Gasteiger partial charge in [0.25, 0.3) is 5.56 Å². The number of benzene rings is 1. The van der Waals surface area contributed by atoms with Crippen molar-refractivity contribution in [1.82, 2.24) is 9.97 Å². The fourth-order valence-electron chi connectivity index (χ4n) is 1.79. The second-order valence-electron chi connectivity index (χ2n) is 4.67. The van der Waals surface area contributed by atoms with Crippen molar-refractivity contribution in [3.05, 3.63) is 60.6 Å². The van der Waals surface area contributed by atoms with Crippen molar-refractivity contribution in [2.75, 3.05) is 0 Å². The van der Waals surface area contributed by atoms with E-state index in [0.717, 1.165) is 15.7 Å². The van der Waals surface area contributed by atoms with Crippen LogP contribution in [0.1, 0.15) is 36.8 Å². The van der Waals surface area contributed by atoms with Crippen molar-refractivity contribution >= 4 is 31.9 Å². The summed E-state index contributed by atoms with van der Waals surface area (Å²) >= 11 is 6.70. The average molecular weight is 386 g/mol. The molecule has 1 heterocycles. The molecule has 0 radical (unpaired) electrons. The SMILES string of the molecule is CC(C)c1nc(Cc2ccc(Br)cc2)[nH]c(=O)c1Br. The van der Waals surface area contributed by atoms with Crippen LogP contribution in [0.3, 0.4) is 0 Å². The lowest BCUT2D eigenvalue weighted by molar-refractivity contribution is 0.775. The van der Waals surface area contributed by atoms with Crippen molar-refractivity contribution in [1.29, 1.82) is 0 Å². The zero-order chi connectivity index (χ0) is 14.0. The molecule has 19 heavy (non-hydrogen) atoms. The molecule has 0 amide bonds. The zero-order valence-electron chi connectivity index (χ0n) is 10.7. The van der Waals surface area contributed by atoms with E-state index in [-0.39, 0.29) is 11.5 Å². The average Bonchev–Trinajstić information content (AvgIpc) is 2.36. The molecule has 2 aromatic rings. The largest absolute Gasteiger partial charge is 0.309 e. The molecule has 0 saturated carbocycles. The third kappa shape index (κ3) is 3.54. The fourth-order valence-corrected chi connectivity index (χ4v) is 2.70. The standard InChI is InChI=1S/C14H14Br2N2O/c1-8(2)13-12(16)14(19)18-11(17-13)7-9-3-5-10(15)6-4-9/h3-6,8H,7H2,1-2H3,(H,17,18,19). The molecule has 0 atom stereocenters. The van der Waals surface area contributed by atoms with Crippen LogP contribution in [0.2, 0.25) is 0 Å². The lowest BCUT2D eigenvalue weighted by atomic mass is 10.1. The first-order valence-electron chi connectivity index (χ1n) is 6.00. The van der Waals surface area contributed by atoms with E-state index >= 15 is 0 Å². The highest BCUT2D eigenvalue weighted by atomic mass is 79.9. The summed E-state index contributed by atoms with van der Waals surface area (Å²) < 4.78 is 1.57. The molecule has 1 aromatic heterocycles. The van der Waals surface area contributed by atoms with Gasteiger partial charge >= 0.3 is 0 Å². The fraction of sp³-hybridized carbons (Fsp3) is 0.286. The predicted molar refractivity (Wildman–Crippen MR) is 83.6 cm³/mol. The quantitative estimate of drug-likeness (QED) is 0.867. The number of aromatic nitrogens is 2. The van der Waals surface area contributed by atoms with Crippen LogP contribution in [0.25, 0.3) is 0 Å². The summed E-state index contributed by atoms with van der Waals surface area (Å²) in [7, 11) is 0. The van der Waals surface area contributed by atoms with Gasteiger partial charge in [-0.25, -0.2) is 4.98 Å². The number of halogens is 2. The van der Waals surface area contributed by atoms with Gasteiger partial charge in [-0.1, -0.05) is 41.9 Å². The van der Waals surface area contributed by atoms with E-state index in [9.17, 15) is 4.79 Å². The minimum atomic E-state index is -0.120. The summed E-state index contributed by atoms with van der Waals surface area (Å²) in [6.45, 7) is 4.05. The Balaban J connectivity index is 2.35. The summed E-state index contributed by atoms with van der Waals surface area (Å²) in [5, 5.41) is 0. The van der Waals surface area contributed by atoms with E-state index in [1.807, 2.05) is 38.1 Å². The number of nitrogens with one attached hydrogen (secondary N) is 1. The van der Waals surface area contributed by atoms with Crippen LogP contribution >= 0.6 is 31.9 Å². The van der Waals surface area contributed by atoms with Gasteiger partial charge in [-0.15, -0.1) is 0 Å². The van der Waals surface area contributed by atoms with E-state index < -0.39 is 0 Å². The Hall–Kier alpha value is -0.940. The zero-order valence-corrected chi connectivity index (χ0v) is 13.9. The van der Waals surface area contributed by atoms with Gasteiger partial charge in [-0.3, -0.25) is 4.79 Å². The van der Waals surface area contributed by atoms with Gasteiger partial charge in [-0.2, -0.15) is 0 Å². The van der Waals surface area contributed by atoms with Gasteiger partial charge in [0.05, 0.1) is 5.69 Å². The molecule has 3 nitrogen and oxygen atoms in total. The van der Waals surface area contributed by atoms with Crippen molar-refractivity contribution in [3.63, 3.8) is 0 Å². The highest BCUT2D eigenvalue weighted by molar-refractivity contribution is 9.10. The van der Waals surface area contributed by atoms with Gasteiger partial charge < -0.3 is 4.98 Å². The highest BCUT2D eigenvalue weighted by Gasteiger charge is 2.12. The van der Waals surface area contributed by atoms with Crippen LogP contribution < -0.4 is 5.56 Å². The molecule has 0 saturated heterocycles. The normalized spacial score (nSPS) is 11.0. The van der Waals surface area contributed by atoms with Crippen molar-refractivity contribution in [2.45, 2.75) is 26.2 Å². The molecule has 1 aromatic carbocycles. The Kier molecular flexibility index (Phi) is 4.58. The molecule has 1 N–H and O–H groups in total. The number of rotatable bonds is 3. The second kappa shape index (κ2) is 6.01. The number of hydrogen-bond acceptors (Lipinski definition) is 2. The molecule has 0 unspecified atom stereocenters. The van der Waals surface area contributed by atoms with Crippen molar-refractivity contribution < 1.29 is 0 Å². The third-order valence-corrected chi connectivity index (χ3v) is 4.06. The van der Waals surface area contributed by atoms with Crippen LogP contribution in [-0.4, -0.2) is 9.97 Å². The Morgan fingerprint density at radius 1 is 1.21 bits per heavy atom. The molecule has 0 bridgehead atoms. The van der Waals surface area contributed by atoms with Crippen LogP contribution in [0.5, 0.6) is 0 Å². The molecule has 0 aliphatic rings. The Morgan fingerprint density at radius 3 is 2.42 bits per heavy atom. The smallest absolute Gasteiger partial charge is 0.265 e. The second-order valence-corrected chi connectivity index (χ2v) is 6.38. The Morgan fingerprint density at radius 2 is 1.84 bits per heavy atom. The molecule has 5 heteroatoms. The van der Waals surface area contributed by atoms with Crippen molar-refractivity contribution in [2.24, 2.45) is 0 Å². The van der Waals surface area contributed by atoms with Gasteiger partial charge in [0.15, 0.2) is 0 Å². The molecule has 2 rings (SSSR count). The van der Waals surface area contributed by atoms with Crippen LogP contribution in [-0.2, 0) is 6.42 Å². The first kappa shape index (κ1) is 14.5. The Bertz CT molecular complexity index is 633. The third-order valence-electron chi connectivity index (χ3n) is 2.77.